The van der Waals surface area contributed by atoms with Crippen molar-refractivity contribution >= 4 is 29.4 Å². The minimum atomic E-state index is -6.04. The van der Waals surface area contributed by atoms with Crippen molar-refractivity contribution in [3.8, 4) is 0 Å². The molecule has 1 fully saturated rings. The van der Waals surface area contributed by atoms with Crippen LogP contribution in [0, 0.1) is 5.41 Å². The minimum Gasteiger partial charge on any atom is -0.444 e. The number of hydrogen-bond acceptors (Lipinski definition) is 5. The predicted molar refractivity (Wildman–Crippen MR) is 140 cm³/mol. The maximum absolute atomic E-state index is 13.4. The van der Waals surface area contributed by atoms with Crippen LogP contribution >= 0.6 is 11.8 Å². The highest BCUT2D eigenvalue weighted by Gasteiger charge is 2.71. The number of rotatable bonds is 6. The lowest BCUT2D eigenvalue weighted by atomic mass is 9.92. The Morgan fingerprint density at radius 2 is 1.61 bits per heavy atom. The Bertz CT molecular complexity index is 1300. The third-order valence-corrected chi connectivity index (χ3v) is 8.45. The molecule has 4 rings (SSSR count). The van der Waals surface area contributed by atoms with Crippen LogP contribution in [0.4, 0.5) is 36.8 Å². The number of aliphatic hydroxyl groups is 1. The predicted octanol–water partition coefficient (Wildman–Crippen LogP) is 7.32. The summed E-state index contributed by atoms with van der Waals surface area (Å²) in [5.41, 5.74) is -5.99. The Balaban J connectivity index is 1.59. The number of benzene rings is 2. The van der Waals surface area contributed by atoms with E-state index in [4.69, 9.17) is 4.74 Å². The fraction of sp³-hybridized carbons (Fsp3) is 0.500. The zero-order valence-corrected chi connectivity index (χ0v) is 23.6. The molecule has 0 saturated heterocycles. The van der Waals surface area contributed by atoms with Crippen LogP contribution < -0.4 is 5.32 Å². The monoisotopic (exact) mass is 604 g/mol. The first-order chi connectivity index (χ1) is 18.7. The molecular formula is C28H30F6N2O4S. The van der Waals surface area contributed by atoms with E-state index in [2.05, 4.69) is 12.2 Å². The summed E-state index contributed by atoms with van der Waals surface area (Å²) in [7, 11) is 0. The van der Waals surface area contributed by atoms with Gasteiger partial charge >= 0.3 is 18.4 Å². The number of fused-ring (bicyclic) bond motifs is 1. The lowest BCUT2D eigenvalue weighted by molar-refractivity contribution is -0.376. The fourth-order valence-electron chi connectivity index (χ4n) is 4.40. The second-order valence-electron chi connectivity index (χ2n) is 11.7. The van der Waals surface area contributed by atoms with Gasteiger partial charge in [-0.3, -0.25) is 9.69 Å². The molecular weight excluding hydrogens is 574 g/mol. The van der Waals surface area contributed by atoms with Gasteiger partial charge in [-0.15, -0.1) is 11.8 Å². The van der Waals surface area contributed by atoms with E-state index in [-0.39, 0.29) is 12.2 Å². The Morgan fingerprint density at radius 1 is 1.02 bits per heavy atom. The summed E-state index contributed by atoms with van der Waals surface area (Å²) in [5.74, 6) is 0.189. The zero-order valence-electron chi connectivity index (χ0n) is 22.7. The van der Waals surface area contributed by atoms with E-state index in [0.717, 1.165) is 41.2 Å². The van der Waals surface area contributed by atoms with Gasteiger partial charge in [-0.1, -0.05) is 25.1 Å². The van der Waals surface area contributed by atoms with Crippen LogP contribution in [0.15, 0.2) is 47.4 Å². The van der Waals surface area contributed by atoms with Crippen molar-refractivity contribution in [2.45, 2.75) is 81.6 Å². The second-order valence-corrected chi connectivity index (χ2v) is 12.8. The molecule has 0 aromatic heterocycles. The average Bonchev–Trinajstić information content (AvgIpc) is 3.45. The van der Waals surface area contributed by atoms with Crippen molar-refractivity contribution in [2.24, 2.45) is 5.41 Å². The minimum absolute atomic E-state index is 0.0666. The van der Waals surface area contributed by atoms with E-state index in [1.807, 2.05) is 12.1 Å². The molecule has 1 aliphatic heterocycles. The van der Waals surface area contributed by atoms with Gasteiger partial charge in [-0.2, -0.15) is 26.3 Å². The number of carbonyl (C=O) groups excluding carboxylic acids is 2. The van der Waals surface area contributed by atoms with Crippen molar-refractivity contribution in [1.29, 1.82) is 0 Å². The lowest BCUT2D eigenvalue weighted by Crippen LogP contribution is -2.53. The summed E-state index contributed by atoms with van der Waals surface area (Å²) in [4.78, 5) is 28.7. The molecule has 0 spiro atoms. The molecule has 41 heavy (non-hydrogen) atoms. The molecule has 0 radical (unpaired) electrons. The maximum atomic E-state index is 13.4. The van der Waals surface area contributed by atoms with Crippen molar-refractivity contribution in [3.63, 3.8) is 0 Å². The molecule has 1 aliphatic carbocycles. The van der Waals surface area contributed by atoms with Crippen LogP contribution in [-0.2, 0) is 21.7 Å². The van der Waals surface area contributed by atoms with Gasteiger partial charge in [0, 0.05) is 21.9 Å². The highest BCUT2D eigenvalue weighted by molar-refractivity contribution is 7.99. The van der Waals surface area contributed by atoms with Crippen LogP contribution in [0.2, 0.25) is 0 Å². The van der Waals surface area contributed by atoms with Crippen molar-refractivity contribution in [3.05, 3.63) is 59.2 Å². The Morgan fingerprint density at radius 3 is 2.12 bits per heavy atom. The van der Waals surface area contributed by atoms with Crippen LogP contribution in [0.5, 0.6) is 0 Å². The molecule has 2 aromatic rings. The van der Waals surface area contributed by atoms with E-state index >= 15 is 0 Å². The Labute approximate surface area is 237 Å². The molecule has 13 heteroatoms. The van der Waals surface area contributed by atoms with Gasteiger partial charge in [0.15, 0.2) is 0 Å². The number of thioether (sulfide) groups is 1. The number of carbonyl (C=O) groups is 2. The molecule has 1 saturated carbocycles. The van der Waals surface area contributed by atoms with Gasteiger partial charge in [0.25, 0.3) is 11.5 Å². The molecule has 1 atom stereocenters. The second kappa shape index (κ2) is 10.4. The molecule has 2 N–H and O–H groups in total. The topological polar surface area (TPSA) is 78.9 Å². The molecule has 1 unspecified atom stereocenters. The molecule has 2 aromatic carbocycles. The third-order valence-electron chi connectivity index (χ3n) is 7.02. The zero-order chi connectivity index (χ0) is 30.6. The van der Waals surface area contributed by atoms with Gasteiger partial charge in [-0.05, 0) is 74.4 Å². The van der Waals surface area contributed by atoms with Crippen molar-refractivity contribution in [1.82, 2.24) is 4.90 Å². The van der Waals surface area contributed by atoms with Gasteiger partial charge < -0.3 is 15.2 Å². The van der Waals surface area contributed by atoms with Crippen molar-refractivity contribution in [2.75, 3.05) is 11.1 Å². The van der Waals surface area contributed by atoms with Crippen LogP contribution in [-0.4, -0.2) is 45.7 Å². The summed E-state index contributed by atoms with van der Waals surface area (Å²) in [6, 6.07) is 6.84. The van der Waals surface area contributed by atoms with E-state index in [1.54, 1.807) is 38.6 Å². The number of ether oxygens (including phenoxy) is 1. The van der Waals surface area contributed by atoms with E-state index in [1.165, 1.54) is 4.90 Å². The highest BCUT2D eigenvalue weighted by Crippen LogP contribution is 2.51. The first-order valence-corrected chi connectivity index (χ1v) is 13.8. The van der Waals surface area contributed by atoms with Gasteiger partial charge in [0.2, 0.25) is 0 Å². The number of nitrogens with zero attached hydrogens (tertiary/aromatic N) is 1. The lowest BCUT2D eigenvalue weighted by Gasteiger charge is -2.32. The number of hydrogen-bond donors (Lipinski definition) is 2. The molecule has 6 nitrogen and oxygen atoms in total. The van der Waals surface area contributed by atoms with E-state index in [0.29, 0.717) is 23.1 Å². The third kappa shape index (κ3) is 6.45. The first kappa shape index (κ1) is 31.0. The van der Waals surface area contributed by atoms with E-state index in [9.17, 15) is 41.0 Å². The highest BCUT2D eigenvalue weighted by atomic mass is 32.2. The molecule has 1 heterocycles. The number of halogens is 6. The van der Waals surface area contributed by atoms with Crippen LogP contribution in [0.3, 0.4) is 0 Å². The standard InChI is InChI=1S/C28H30F6N2O4S/c1-24(2,3)40-23(38)36-14-16-13-19(41-15-25(4)11-12-25)9-10-20(16)21(36)22(37)35-18-7-5-17(6-8-18)26(39,27(29,30)31)28(32,33)34/h5-10,13,21,39H,11-12,14-15H2,1-4H3,(H,35,37). The van der Waals surface area contributed by atoms with Gasteiger partial charge in [-0.25, -0.2) is 4.79 Å². The average molecular weight is 605 g/mol. The van der Waals surface area contributed by atoms with Crippen LogP contribution in [0.1, 0.15) is 63.3 Å². The number of alkyl halides is 6. The van der Waals surface area contributed by atoms with Crippen molar-refractivity contribution < 1.29 is 45.8 Å². The summed E-state index contributed by atoms with van der Waals surface area (Å²) in [5, 5.41) is 12.1. The smallest absolute Gasteiger partial charge is 0.430 e. The van der Waals surface area contributed by atoms with Gasteiger partial charge in [0.05, 0.1) is 6.54 Å². The Hall–Kier alpha value is -2.93. The number of nitrogens with one attached hydrogen (secondary N) is 1. The molecule has 224 valence electrons. The SMILES string of the molecule is CC1(CSc2ccc3c(c2)CN(C(=O)OC(C)(C)C)C3C(=O)Nc2ccc(C(O)(C(F)(F)F)C(F)(F)F)cc2)CC1. The molecule has 2 aliphatic rings. The maximum Gasteiger partial charge on any atom is 0.430 e. The summed E-state index contributed by atoms with van der Waals surface area (Å²) >= 11 is 1.68. The summed E-state index contributed by atoms with van der Waals surface area (Å²) < 4.78 is 84.8. The normalized spacial score (nSPS) is 18.6. The van der Waals surface area contributed by atoms with E-state index < -0.39 is 47.2 Å². The first-order valence-electron chi connectivity index (χ1n) is 12.8. The summed E-state index contributed by atoms with van der Waals surface area (Å²) in [6.45, 7) is 7.28. The number of amides is 2. The summed E-state index contributed by atoms with van der Waals surface area (Å²) in [6.07, 6.45) is -10.5. The fourth-order valence-corrected chi connectivity index (χ4v) is 5.59. The number of anilines is 1. The largest absolute Gasteiger partial charge is 0.444 e. The van der Waals surface area contributed by atoms with Gasteiger partial charge in [0.1, 0.15) is 11.6 Å². The quantitative estimate of drug-likeness (QED) is 0.267. The molecule has 0 bridgehead atoms. The molecule has 2 amide bonds. The Kier molecular flexibility index (Phi) is 7.87. The van der Waals surface area contributed by atoms with Crippen LogP contribution in [0.25, 0.3) is 0 Å².